The van der Waals surface area contributed by atoms with E-state index in [0.29, 0.717) is 18.1 Å². The van der Waals surface area contributed by atoms with Crippen molar-refractivity contribution in [3.8, 4) is 5.88 Å². The molecule has 0 N–H and O–H groups in total. The second-order valence-corrected chi connectivity index (χ2v) is 3.99. The summed E-state index contributed by atoms with van der Waals surface area (Å²) < 4.78 is 18.8. The van der Waals surface area contributed by atoms with E-state index in [-0.39, 0.29) is 0 Å². The number of halogens is 1. The Morgan fingerprint density at radius 2 is 1.82 bits per heavy atom. The monoisotopic (exact) mass is 231 g/mol. The van der Waals surface area contributed by atoms with Crippen molar-refractivity contribution in [1.82, 2.24) is 4.98 Å². The minimum Gasteiger partial charge on any atom is -0.473 e. The van der Waals surface area contributed by atoms with Crippen LogP contribution in [0.15, 0.2) is 36.4 Å². The van der Waals surface area contributed by atoms with Gasteiger partial charge in [-0.1, -0.05) is 30.3 Å². The van der Waals surface area contributed by atoms with Gasteiger partial charge in [0.05, 0.1) is 0 Å². The highest BCUT2D eigenvalue weighted by molar-refractivity contribution is 5.29. The van der Waals surface area contributed by atoms with Gasteiger partial charge in [-0.25, -0.2) is 0 Å². The molecule has 2 rings (SSSR count). The van der Waals surface area contributed by atoms with Gasteiger partial charge in [-0.15, -0.1) is 0 Å². The van der Waals surface area contributed by atoms with Crippen molar-refractivity contribution in [2.75, 3.05) is 0 Å². The van der Waals surface area contributed by atoms with Crippen LogP contribution in [0.3, 0.4) is 0 Å². The van der Waals surface area contributed by atoms with Crippen LogP contribution in [-0.2, 0) is 6.61 Å². The SMILES string of the molecule is Cc1cc(C)c(OCc2ccccc2)nc1F. The summed E-state index contributed by atoms with van der Waals surface area (Å²) >= 11 is 0. The van der Waals surface area contributed by atoms with E-state index < -0.39 is 5.95 Å². The second-order valence-electron chi connectivity index (χ2n) is 3.99. The van der Waals surface area contributed by atoms with E-state index in [1.807, 2.05) is 37.3 Å². The van der Waals surface area contributed by atoms with Gasteiger partial charge in [-0.05, 0) is 25.5 Å². The first kappa shape index (κ1) is 11.6. The topological polar surface area (TPSA) is 22.1 Å². The summed E-state index contributed by atoms with van der Waals surface area (Å²) in [6.45, 7) is 3.95. The molecular weight excluding hydrogens is 217 g/mol. The molecule has 0 amide bonds. The van der Waals surface area contributed by atoms with Crippen LogP contribution in [-0.4, -0.2) is 4.98 Å². The highest BCUT2D eigenvalue weighted by Gasteiger charge is 2.07. The van der Waals surface area contributed by atoms with Crippen molar-refractivity contribution in [2.45, 2.75) is 20.5 Å². The Labute approximate surface area is 100 Å². The Bertz CT molecular complexity index is 511. The van der Waals surface area contributed by atoms with Gasteiger partial charge < -0.3 is 4.74 Å². The molecule has 0 atom stereocenters. The zero-order valence-corrected chi connectivity index (χ0v) is 9.90. The molecule has 0 spiro atoms. The van der Waals surface area contributed by atoms with Gasteiger partial charge in [-0.2, -0.15) is 9.37 Å². The normalized spacial score (nSPS) is 10.3. The van der Waals surface area contributed by atoms with Crippen molar-refractivity contribution >= 4 is 0 Å². The standard InChI is InChI=1S/C14H14FNO/c1-10-8-11(2)14(16-13(10)15)17-9-12-6-4-3-5-7-12/h3-8H,9H2,1-2H3. The Hall–Kier alpha value is -1.90. The lowest BCUT2D eigenvalue weighted by Gasteiger charge is -2.09. The van der Waals surface area contributed by atoms with Crippen molar-refractivity contribution in [3.05, 3.63) is 59.0 Å². The number of hydrogen-bond donors (Lipinski definition) is 0. The lowest BCUT2D eigenvalue weighted by molar-refractivity contribution is 0.286. The smallest absolute Gasteiger partial charge is 0.219 e. The van der Waals surface area contributed by atoms with Crippen LogP contribution in [0.5, 0.6) is 5.88 Å². The molecule has 1 aromatic heterocycles. The average molecular weight is 231 g/mol. The molecule has 3 heteroatoms. The molecule has 0 bridgehead atoms. The predicted molar refractivity (Wildman–Crippen MR) is 64.4 cm³/mol. The third-order valence-corrected chi connectivity index (χ3v) is 2.51. The number of benzene rings is 1. The largest absolute Gasteiger partial charge is 0.473 e. The fourth-order valence-electron chi connectivity index (χ4n) is 1.58. The van der Waals surface area contributed by atoms with E-state index in [0.717, 1.165) is 11.1 Å². The van der Waals surface area contributed by atoms with E-state index in [4.69, 9.17) is 4.74 Å². The number of rotatable bonds is 3. The Morgan fingerprint density at radius 3 is 2.53 bits per heavy atom. The zero-order chi connectivity index (χ0) is 12.3. The molecule has 1 heterocycles. The minimum absolute atomic E-state index is 0.358. The first-order valence-electron chi connectivity index (χ1n) is 5.47. The predicted octanol–water partition coefficient (Wildman–Crippen LogP) is 3.42. The van der Waals surface area contributed by atoms with Gasteiger partial charge in [-0.3, -0.25) is 0 Å². The van der Waals surface area contributed by atoms with Gasteiger partial charge in [0, 0.05) is 11.1 Å². The molecule has 0 saturated carbocycles. The van der Waals surface area contributed by atoms with E-state index in [2.05, 4.69) is 4.98 Å². The van der Waals surface area contributed by atoms with Crippen LogP contribution < -0.4 is 4.74 Å². The van der Waals surface area contributed by atoms with E-state index in [1.165, 1.54) is 0 Å². The van der Waals surface area contributed by atoms with E-state index in [9.17, 15) is 4.39 Å². The molecule has 0 saturated heterocycles. The maximum absolute atomic E-state index is 13.3. The van der Waals surface area contributed by atoms with Crippen molar-refractivity contribution < 1.29 is 9.13 Å². The van der Waals surface area contributed by atoms with Crippen LogP contribution >= 0.6 is 0 Å². The van der Waals surface area contributed by atoms with Crippen LogP contribution in [0.25, 0.3) is 0 Å². The fraction of sp³-hybridized carbons (Fsp3) is 0.214. The number of pyridine rings is 1. The summed E-state index contributed by atoms with van der Waals surface area (Å²) in [5, 5.41) is 0. The second kappa shape index (κ2) is 4.95. The highest BCUT2D eigenvalue weighted by atomic mass is 19.1. The molecule has 0 aliphatic heterocycles. The number of aromatic nitrogens is 1. The fourth-order valence-corrected chi connectivity index (χ4v) is 1.58. The molecule has 0 unspecified atom stereocenters. The summed E-state index contributed by atoms with van der Waals surface area (Å²) in [6.07, 6.45) is 0. The van der Waals surface area contributed by atoms with Gasteiger partial charge >= 0.3 is 0 Å². The zero-order valence-electron chi connectivity index (χ0n) is 9.90. The lowest BCUT2D eigenvalue weighted by Crippen LogP contribution is -2.01. The molecule has 17 heavy (non-hydrogen) atoms. The summed E-state index contributed by atoms with van der Waals surface area (Å²) in [5.41, 5.74) is 2.42. The third-order valence-electron chi connectivity index (χ3n) is 2.51. The molecule has 2 aromatic rings. The molecule has 88 valence electrons. The first-order chi connectivity index (χ1) is 8.16. The maximum atomic E-state index is 13.3. The van der Waals surface area contributed by atoms with E-state index >= 15 is 0 Å². The number of aryl methyl sites for hydroxylation is 2. The Morgan fingerprint density at radius 1 is 1.12 bits per heavy atom. The van der Waals surface area contributed by atoms with Crippen LogP contribution in [0.4, 0.5) is 4.39 Å². The molecular formula is C14H14FNO. The molecule has 0 fully saturated rings. The number of ether oxygens (including phenoxy) is 1. The van der Waals surface area contributed by atoms with E-state index in [1.54, 1.807) is 13.0 Å². The average Bonchev–Trinajstić information content (AvgIpc) is 2.33. The number of nitrogens with zero attached hydrogens (tertiary/aromatic N) is 1. The van der Waals surface area contributed by atoms with Crippen molar-refractivity contribution in [2.24, 2.45) is 0 Å². The maximum Gasteiger partial charge on any atom is 0.219 e. The summed E-state index contributed by atoms with van der Waals surface area (Å²) in [4.78, 5) is 3.80. The van der Waals surface area contributed by atoms with Gasteiger partial charge in [0.2, 0.25) is 11.8 Å². The highest BCUT2D eigenvalue weighted by Crippen LogP contribution is 2.18. The molecule has 0 aliphatic rings. The third kappa shape index (κ3) is 2.81. The molecule has 0 radical (unpaired) electrons. The van der Waals surface area contributed by atoms with Crippen LogP contribution in [0.1, 0.15) is 16.7 Å². The van der Waals surface area contributed by atoms with Gasteiger partial charge in [0.25, 0.3) is 0 Å². The molecule has 1 aromatic carbocycles. The van der Waals surface area contributed by atoms with Crippen LogP contribution in [0.2, 0.25) is 0 Å². The van der Waals surface area contributed by atoms with Gasteiger partial charge in [0.15, 0.2) is 0 Å². The summed E-state index contributed by atoms with van der Waals surface area (Å²) in [5.74, 6) is -0.115. The lowest BCUT2D eigenvalue weighted by atomic mass is 10.2. The first-order valence-corrected chi connectivity index (χ1v) is 5.47. The van der Waals surface area contributed by atoms with Crippen molar-refractivity contribution in [1.29, 1.82) is 0 Å². The van der Waals surface area contributed by atoms with Crippen LogP contribution in [0, 0.1) is 19.8 Å². The van der Waals surface area contributed by atoms with Gasteiger partial charge in [0.1, 0.15) is 6.61 Å². The quantitative estimate of drug-likeness (QED) is 0.755. The van der Waals surface area contributed by atoms with Crippen molar-refractivity contribution in [3.63, 3.8) is 0 Å². The molecule has 2 nitrogen and oxygen atoms in total. The minimum atomic E-state index is -0.473. The summed E-state index contributed by atoms with van der Waals surface area (Å²) in [7, 11) is 0. The Balaban J connectivity index is 2.12. The number of hydrogen-bond acceptors (Lipinski definition) is 2. The summed E-state index contributed by atoms with van der Waals surface area (Å²) in [6, 6.07) is 11.5. The molecule has 0 aliphatic carbocycles. The Kier molecular flexibility index (Phi) is 3.38.